The van der Waals surface area contributed by atoms with Gasteiger partial charge in [0.05, 0.1) is 0 Å². The zero-order valence-corrected chi connectivity index (χ0v) is 18.8. The Morgan fingerprint density at radius 1 is 0.800 bits per heavy atom. The molecule has 0 aromatic heterocycles. The van der Waals surface area contributed by atoms with Gasteiger partial charge >= 0.3 is 23.9 Å². The van der Waals surface area contributed by atoms with Crippen LogP contribution < -0.4 is 5.32 Å². The molecule has 1 heterocycles. The molecule has 0 aliphatic carbocycles. The quantitative estimate of drug-likeness (QED) is 0.428. The highest BCUT2D eigenvalue weighted by Gasteiger charge is 2.53. The molecular formula is C19H29NO9S. The molecule has 1 saturated heterocycles. The first-order chi connectivity index (χ1) is 13.9. The summed E-state index contributed by atoms with van der Waals surface area (Å²) in [7, 11) is 0. The first kappa shape index (κ1) is 25.7. The molecule has 0 aromatic carbocycles. The minimum atomic E-state index is -1.25. The van der Waals surface area contributed by atoms with E-state index in [0.29, 0.717) is 0 Å². The Hall–Kier alpha value is -2.30. The average Bonchev–Trinajstić information content (AvgIpc) is 2.59. The number of esters is 4. The molecule has 30 heavy (non-hydrogen) atoms. The molecule has 170 valence electrons. The minimum absolute atomic E-state index is 0.0960. The Morgan fingerprint density at radius 3 is 1.73 bits per heavy atom. The molecule has 1 rings (SSSR count). The van der Waals surface area contributed by atoms with Crippen LogP contribution >= 0.6 is 11.8 Å². The predicted molar refractivity (Wildman–Crippen MR) is 106 cm³/mol. The van der Waals surface area contributed by atoms with Crippen molar-refractivity contribution in [2.75, 3.05) is 0 Å². The maximum Gasteiger partial charge on any atom is 0.303 e. The van der Waals surface area contributed by atoms with Gasteiger partial charge in [-0.1, -0.05) is 32.0 Å². The summed E-state index contributed by atoms with van der Waals surface area (Å²) >= 11 is 0.874. The average molecular weight is 448 g/mol. The van der Waals surface area contributed by atoms with Crippen molar-refractivity contribution in [3.63, 3.8) is 0 Å². The van der Waals surface area contributed by atoms with Gasteiger partial charge in [-0.2, -0.15) is 0 Å². The molecule has 1 N–H and O–H groups in total. The van der Waals surface area contributed by atoms with Gasteiger partial charge in [-0.05, 0) is 5.92 Å². The van der Waals surface area contributed by atoms with Gasteiger partial charge in [0.2, 0.25) is 5.91 Å². The summed E-state index contributed by atoms with van der Waals surface area (Å²) in [4.78, 5) is 59.1. The van der Waals surface area contributed by atoms with Crippen molar-refractivity contribution in [3.8, 4) is 0 Å². The minimum Gasteiger partial charge on any atom is -0.456 e. The largest absolute Gasteiger partial charge is 0.456 e. The third-order valence-corrected chi connectivity index (χ3v) is 5.52. The molecule has 1 aliphatic rings. The third-order valence-electron chi connectivity index (χ3n) is 4.23. The molecule has 10 nitrogen and oxygen atoms in total. The number of nitrogens with one attached hydrogen (secondary N) is 1. The maximum absolute atomic E-state index is 12.5. The Balaban J connectivity index is 3.32. The molecule has 1 amide bonds. The van der Waals surface area contributed by atoms with E-state index in [1.165, 1.54) is 6.92 Å². The van der Waals surface area contributed by atoms with Gasteiger partial charge in [-0.3, -0.25) is 24.0 Å². The van der Waals surface area contributed by atoms with Crippen LogP contribution in [-0.2, 0) is 42.9 Å². The highest BCUT2D eigenvalue weighted by atomic mass is 32.2. The summed E-state index contributed by atoms with van der Waals surface area (Å²) in [5.41, 5.74) is -2.17. The van der Waals surface area contributed by atoms with Crippen LogP contribution in [0.25, 0.3) is 0 Å². The van der Waals surface area contributed by atoms with Gasteiger partial charge < -0.3 is 24.3 Å². The fraction of sp³-hybridized carbons (Fsp3) is 0.737. The van der Waals surface area contributed by atoms with Crippen molar-refractivity contribution in [2.24, 2.45) is 5.92 Å². The van der Waals surface area contributed by atoms with Crippen LogP contribution in [0.5, 0.6) is 0 Å². The van der Waals surface area contributed by atoms with Crippen LogP contribution in [0.4, 0.5) is 0 Å². The summed E-state index contributed by atoms with van der Waals surface area (Å²) in [5, 5.41) is 2.73. The van der Waals surface area contributed by atoms with Crippen LogP contribution in [0.2, 0.25) is 0 Å². The number of carbonyl (C=O) groups excluding carboxylic acids is 5. The monoisotopic (exact) mass is 447 g/mol. The van der Waals surface area contributed by atoms with Gasteiger partial charge in [-0.15, -0.1) is 0 Å². The molecule has 1 aliphatic heterocycles. The highest BCUT2D eigenvalue weighted by Crippen LogP contribution is 2.38. The van der Waals surface area contributed by atoms with Crippen molar-refractivity contribution in [2.45, 2.75) is 83.5 Å². The van der Waals surface area contributed by atoms with Crippen molar-refractivity contribution in [1.82, 2.24) is 5.32 Å². The SMILES string of the molecule is CC[C@@H](C)CC(=O)N[C@H]1C(OC(C)=O)S[C@H](OC(C)=O)[C@@H](OC(C)=O)[C@@H]1OC(C)=O. The van der Waals surface area contributed by atoms with Gasteiger partial charge in [0.25, 0.3) is 0 Å². The van der Waals surface area contributed by atoms with Crippen molar-refractivity contribution >= 4 is 41.5 Å². The molecule has 0 aromatic rings. The number of hydrogen-bond acceptors (Lipinski definition) is 10. The van der Waals surface area contributed by atoms with Crippen molar-refractivity contribution in [1.29, 1.82) is 0 Å². The van der Waals surface area contributed by atoms with Crippen LogP contribution in [-0.4, -0.2) is 58.9 Å². The predicted octanol–water partition coefficient (Wildman–Crippen LogP) is 1.30. The lowest BCUT2D eigenvalue weighted by Gasteiger charge is -2.43. The van der Waals surface area contributed by atoms with E-state index in [2.05, 4.69) is 5.32 Å². The lowest BCUT2D eigenvalue weighted by atomic mass is 10.0. The number of ether oxygens (including phenoxy) is 4. The molecule has 0 spiro atoms. The normalized spacial score (nSPS) is 26.7. The van der Waals surface area contributed by atoms with Crippen molar-refractivity contribution < 1.29 is 42.9 Å². The summed E-state index contributed by atoms with van der Waals surface area (Å²) in [6.45, 7) is 8.48. The second kappa shape index (κ2) is 11.8. The molecule has 1 fully saturated rings. The second-order valence-corrected chi connectivity index (χ2v) is 8.25. The Kier molecular flexibility index (Phi) is 10.1. The highest BCUT2D eigenvalue weighted by molar-refractivity contribution is 8.00. The fourth-order valence-corrected chi connectivity index (χ4v) is 4.24. The second-order valence-electron chi connectivity index (χ2n) is 7.05. The van der Waals surface area contributed by atoms with Crippen LogP contribution in [0, 0.1) is 5.92 Å². The van der Waals surface area contributed by atoms with Gasteiger partial charge in [0, 0.05) is 34.1 Å². The first-order valence-corrected chi connectivity index (χ1v) is 10.5. The number of carbonyl (C=O) groups is 5. The third kappa shape index (κ3) is 8.21. The standard InChI is InChI=1S/C19H29NO9S/c1-7-9(2)8-14(25)20-15-16(26-10(3)21)17(27-11(4)22)19(29-13(6)24)30-18(15)28-12(5)23/h9,15-19H,7-8H2,1-6H3,(H,20,25)/t9-,15-,16-,17+,18?,19+/m1/s1. The topological polar surface area (TPSA) is 134 Å². The molecular weight excluding hydrogens is 418 g/mol. The lowest BCUT2D eigenvalue weighted by Crippen LogP contribution is -2.63. The van der Waals surface area contributed by atoms with E-state index in [-0.39, 0.29) is 18.2 Å². The van der Waals surface area contributed by atoms with E-state index in [9.17, 15) is 24.0 Å². The number of amides is 1. The molecule has 0 saturated carbocycles. The fourth-order valence-electron chi connectivity index (χ4n) is 2.83. The van der Waals surface area contributed by atoms with Gasteiger partial charge in [0.1, 0.15) is 6.04 Å². The van der Waals surface area contributed by atoms with E-state index < -0.39 is 53.0 Å². The summed E-state index contributed by atoms with van der Waals surface area (Å²) in [5.74, 6) is -3.00. The Labute approximate surface area is 179 Å². The lowest BCUT2D eigenvalue weighted by molar-refractivity contribution is -0.184. The van der Waals surface area contributed by atoms with Crippen LogP contribution in [0.1, 0.15) is 54.4 Å². The van der Waals surface area contributed by atoms with E-state index in [1.54, 1.807) is 0 Å². The summed E-state index contributed by atoms with van der Waals surface area (Å²) < 4.78 is 21.1. The molecule has 1 unspecified atom stereocenters. The number of rotatable bonds is 8. The zero-order chi connectivity index (χ0) is 23.0. The Bertz CT molecular complexity index is 668. The van der Waals surface area contributed by atoms with Crippen LogP contribution in [0.3, 0.4) is 0 Å². The van der Waals surface area contributed by atoms with Gasteiger partial charge in [-0.25, -0.2) is 0 Å². The van der Waals surface area contributed by atoms with E-state index in [4.69, 9.17) is 18.9 Å². The van der Waals surface area contributed by atoms with Crippen LogP contribution in [0.15, 0.2) is 0 Å². The Morgan fingerprint density at radius 2 is 1.27 bits per heavy atom. The summed E-state index contributed by atoms with van der Waals surface area (Å²) in [6, 6.07) is -1.03. The van der Waals surface area contributed by atoms with Crippen molar-refractivity contribution in [3.05, 3.63) is 0 Å². The maximum atomic E-state index is 12.5. The molecule has 6 atom stereocenters. The van der Waals surface area contributed by atoms with E-state index in [0.717, 1.165) is 39.0 Å². The first-order valence-electron chi connectivity index (χ1n) is 9.58. The van der Waals surface area contributed by atoms with Gasteiger partial charge in [0.15, 0.2) is 23.1 Å². The van der Waals surface area contributed by atoms with E-state index in [1.807, 2.05) is 13.8 Å². The van der Waals surface area contributed by atoms with E-state index >= 15 is 0 Å². The smallest absolute Gasteiger partial charge is 0.303 e. The number of hydrogen-bond donors (Lipinski definition) is 1. The molecule has 0 bridgehead atoms. The number of thioether (sulfide) groups is 1. The zero-order valence-electron chi connectivity index (χ0n) is 18.0. The molecule has 0 radical (unpaired) electrons. The molecule has 11 heteroatoms. The summed E-state index contributed by atoms with van der Waals surface area (Å²) in [6.07, 6.45) is -1.50.